The van der Waals surface area contributed by atoms with E-state index < -0.39 is 22.9 Å². The number of aromatic nitrogens is 1. The Labute approximate surface area is 216 Å². The first-order chi connectivity index (χ1) is 17.7. The van der Waals surface area contributed by atoms with Gasteiger partial charge in [0.05, 0.1) is 24.4 Å². The zero-order valence-corrected chi connectivity index (χ0v) is 21.4. The number of nitrogens with zero attached hydrogens (tertiary/aromatic N) is 2. The second kappa shape index (κ2) is 13.3. The van der Waals surface area contributed by atoms with Crippen molar-refractivity contribution >= 4 is 0 Å². The van der Waals surface area contributed by atoms with Crippen LogP contribution < -0.4 is 5.56 Å². The summed E-state index contributed by atoms with van der Waals surface area (Å²) in [6, 6.07) is 16.8. The molecule has 1 heterocycles. The van der Waals surface area contributed by atoms with Crippen LogP contribution in [0.25, 0.3) is 11.3 Å². The highest BCUT2D eigenvalue weighted by molar-refractivity contribution is 5.63. The number of alkyl halides is 3. The fourth-order valence-electron chi connectivity index (χ4n) is 4.35. The Morgan fingerprint density at radius 1 is 0.946 bits per heavy atom. The molecule has 37 heavy (non-hydrogen) atoms. The van der Waals surface area contributed by atoms with Crippen molar-refractivity contribution in [1.29, 1.82) is 5.26 Å². The van der Waals surface area contributed by atoms with Gasteiger partial charge in [-0.05, 0) is 42.2 Å². The van der Waals surface area contributed by atoms with Crippen molar-refractivity contribution in [3.8, 4) is 17.3 Å². The van der Waals surface area contributed by atoms with Crippen molar-refractivity contribution in [1.82, 2.24) is 4.57 Å². The van der Waals surface area contributed by atoms with E-state index in [2.05, 4.69) is 6.92 Å². The molecule has 0 aliphatic carbocycles. The number of halogens is 3. The molecule has 7 heteroatoms. The van der Waals surface area contributed by atoms with Crippen LogP contribution in [-0.4, -0.2) is 11.2 Å². The van der Waals surface area contributed by atoms with Gasteiger partial charge in [0.2, 0.25) is 0 Å². The molecule has 3 aromatic rings. The van der Waals surface area contributed by atoms with Gasteiger partial charge in [-0.15, -0.1) is 0 Å². The summed E-state index contributed by atoms with van der Waals surface area (Å²) in [6.07, 6.45) is 2.26. The molecule has 196 valence electrons. The van der Waals surface area contributed by atoms with Crippen LogP contribution in [0.4, 0.5) is 13.2 Å². The summed E-state index contributed by atoms with van der Waals surface area (Å²) < 4.78 is 48.3. The van der Waals surface area contributed by atoms with Crippen LogP contribution in [0.5, 0.6) is 0 Å². The second-order valence-electron chi connectivity index (χ2n) is 9.33. The monoisotopic (exact) mass is 510 g/mol. The van der Waals surface area contributed by atoms with Gasteiger partial charge in [0, 0.05) is 6.61 Å². The summed E-state index contributed by atoms with van der Waals surface area (Å²) in [5, 5.41) is 9.42. The lowest BCUT2D eigenvalue weighted by Crippen LogP contribution is -2.28. The Hall–Kier alpha value is -3.37. The summed E-state index contributed by atoms with van der Waals surface area (Å²) >= 11 is 0. The molecule has 0 saturated heterocycles. The number of nitriles is 1. The summed E-state index contributed by atoms with van der Waals surface area (Å²) in [7, 11) is 0. The molecule has 0 unspecified atom stereocenters. The predicted molar refractivity (Wildman–Crippen MR) is 139 cm³/mol. The molecule has 0 aliphatic rings. The van der Waals surface area contributed by atoms with Crippen molar-refractivity contribution in [2.45, 2.75) is 71.7 Å². The first-order valence-electron chi connectivity index (χ1n) is 12.7. The van der Waals surface area contributed by atoms with Crippen LogP contribution in [0.15, 0.2) is 59.4 Å². The van der Waals surface area contributed by atoms with E-state index >= 15 is 0 Å². The Morgan fingerprint density at radius 3 is 2.35 bits per heavy atom. The Balaban J connectivity index is 1.86. The summed E-state index contributed by atoms with van der Waals surface area (Å²) in [5.41, 5.74) is 0.0149. The standard InChI is InChI=1S/C30H33F3N2O2/c1-3-4-5-6-7-8-15-37-21-24-13-10-12-23(17-24)20-35-28(25-14-9-11-22(2)16-25)18-27(30(31,32)33)26(19-34)29(35)36/h9-14,16-18H,3-8,15,20-21H2,1-2H3. The summed E-state index contributed by atoms with van der Waals surface area (Å²) in [4.78, 5) is 13.2. The molecule has 4 nitrogen and oxygen atoms in total. The van der Waals surface area contributed by atoms with Crippen molar-refractivity contribution in [3.63, 3.8) is 0 Å². The fraction of sp³-hybridized carbons (Fsp3) is 0.400. The van der Waals surface area contributed by atoms with Gasteiger partial charge in [-0.25, -0.2) is 0 Å². The lowest BCUT2D eigenvalue weighted by Gasteiger charge is -2.18. The number of ether oxygens (including phenoxy) is 1. The lowest BCUT2D eigenvalue weighted by molar-refractivity contribution is -0.137. The van der Waals surface area contributed by atoms with E-state index in [0.717, 1.165) is 35.6 Å². The molecule has 0 amide bonds. The zero-order chi connectivity index (χ0) is 26.8. The van der Waals surface area contributed by atoms with Gasteiger partial charge < -0.3 is 9.30 Å². The van der Waals surface area contributed by atoms with Crippen LogP contribution in [0.2, 0.25) is 0 Å². The molecule has 1 aromatic heterocycles. The van der Waals surface area contributed by atoms with Crippen LogP contribution >= 0.6 is 0 Å². The Kier molecular flexibility index (Phi) is 10.1. The van der Waals surface area contributed by atoms with Crippen molar-refractivity contribution in [2.24, 2.45) is 0 Å². The predicted octanol–water partition coefficient (Wildman–Crippen LogP) is 7.64. The zero-order valence-electron chi connectivity index (χ0n) is 21.4. The number of hydrogen-bond donors (Lipinski definition) is 0. The SMILES string of the molecule is CCCCCCCCOCc1cccc(Cn2c(-c3cccc(C)c3)cc(C(F)(F)F)c(C#N)c2=O)c1. The fourth-order valence-corrected chi connectivity index (χ4v) is 4.35. The van der Waals surface area contributed by atoms with Gasteiger partial charge in [-0.3, -0.25) is 4.79 Å². The molecular formula is C30H33F3N2O2. The lowest BCUT2D eigenvalue weighted by atomic mass is 10.0. The van der Waals surface area contributed by atoms with Crippen molar-refractivity contribution < 1.29 is 17.9 Å². The third-order valence-electron chi connectivity index (χ3n) is 6.27. The second-order valence-corrected chi connectivity index (χ2v) is 9.33. The van der Waals surface area contributed by atoms with Gasteiger partial charge in [0.25, 0.3) is 5.56 Å². The average molecular weight is 511 g/mol. The first kappa shape index (κ1) is 28.2. The molecule has 2 aromatic carbocycles. The normalized spacial score (nSPS) is 11.5. The van der Waals surface area contributed by atoms with E-state index in [-0.39, 0.29) is 12.2 Å². The summed E-state index contributed by atoms with van der Waals surface area (Å²) in [6.45, 7) is 5.13. The number of unbranched alkanes of at least 4 members (excludes halogenated alkanes) is 5. The molecular weight excluding hydrogens is 477 g/mol. The number of benzene rings is 2. The quantitative estimate of drug-likeness (QED) is 0.235. The minimum Gasteiger partial charge on any atom is -0.377 e. The summed E-state index contributed by atoms with van der Waals surface area (Å²) in [5.74, 6) is 0. The molecule has 0 bridgehead atoms. The third-order valence-corrected chi connectivity index (χ3v) is 6.27. The molecule has 0 aliphatic heterocycles. The first-order valence-corrected chi connectivity index (χ1v) is 12.7. The number of pyridine rings is 1. The number of aryl methyl sites for hydroxylation is 1. The van der Waals surface area contributed by atoms with E-state index in [0.29, 0.717) is 18.8 Å². The molecule has 0 spiro atoms. The highest BCUT2D eigenvalue weighted by Crippen LogP contribution is 2.34. The van der Waals surface area contributed by atoms with Gasteiger partial charge in [0.15, 0.2) is 0 Å². The minimum atomic E-state index is -4.82. The maximum atomic E-state index is 13.7. The molecule has 0 N–H and O–H groups in total. The van der Waals surface area contributed by atoms with Crippen LogP contribution in [-0.2, 0) is 24.1 Å². The highest BCUT2D eigenvalue weighted by atomic mass is 19.4. The van der Waals surface area contributed by atoms with Gasteiger partial charge >= 0.3 is 6.18 Å². The highest BCUT2D eigenvalue weighted by Gasteiger charge is 2.36. The van der Waals surface area contributed by atoms with Gasteiger partial charge in [-0.2, -0.15) is 18.4 Å². The molecule has 3 rings (SSSR count). The van der Waals surface area contributed by atoms with Crippen LogP contribution in [0.3, 0.4) is 0 Å². The smallest absolute Gasteiger partial charge is 0.377 e. The van der Waals surface area contributed by atoms with Gasteiger partial charge in [0.1, 0.15) is 11.6 Å². The van der Waals surface area contributed by atoms with E-state index in [4.69, 9.17) is 4.74 Å². The van der Waals surface area contributed by atoms with E-state index in [1.54, 1.807) is 18.2 Å². The molecule has 0 atom stereocenters. The number of hydrogen-bond acceptors (Lipinski definition) is 3. The maximum absolute atomic E-state index is 13.7. The van der Waals surface area contributed by atoms with E-state index in [1.807, 2.05) is 37.3 Å². The third kappa shape index (κ3) is 7.80. The van der Waals surface area contributed by atoms with Crippen molar-refractivity contribution in [3.05, 3.63) is 92.8 Å². The maximum Gasteiger partial charge on any atom is 0.417 e. The minimum absolute atomic E-state index is 0.0280. The van der Waals surface area contributed by atoms with E-state index in [9.17, 15) is 23.2 Å². The van der Waals surface area contributed by atoms with E-state index in [1.165, 1.54) is 36.3 Å². The average Bonchev–Trinajstić information content (AvgIpc) is 2.86. The Bertz CT molecular complexity index is 1290. The topological polar surface area (TPSA) is 55.0 Å². The molecule has 0 radical (unpaired) electrons. The Morgan fingerprint density at radius 2 is 1.65 bits per heavy atom. The van der Waals surface area contributed by atoms with Crippen LogP contribution in [0, 0.1) is 18.3 Å². The van der Waals surface area contributed by atoms with Gasteiger partial charge in [-0.1, -0.05) is 87.1 Å². The van der Waals surface area contributed by atoms with Crippen LogP contribution in [0.1, 0.15) is 73.3 Å². The largest absolute Gasteiger partial charge is 0.417 e. The molecule has 0 saturated carbocycles. The molecule has 0 fully saturated rings. The van der Waals surface area contributed by atoms with Crippen molar-refractivity contribution in [2.75, 3.05) is 6.61 Å². The number of rotatable bonds is 12.